The number of carbonyl (C=O) groups excluding carboxylic acids is 1. The third-order valence-corrected chi connectivity index (χ3v) is 6.08. The predicted octanol–water partition coefficient (Wildman–Crippen LogP) is 3.65. The maximum absolute atomic E-state index is 13.0. The largest absolute Gasteiger partial charge is 0.422 e. The van der Waals surface area contributed by atoms with Gasteiger partial charge in [0.2, 0.25) is 5.65 Å². The second kappa shape index (κ2) is 9.00. The van der Waals surface area contributed by atoms with Crippen molar-refractivity contribution in [3.05, 3.63) is 53.3 Å². The number of nitrogens with zero attached hydrogens (tertiary/aromatic N) is 8. The summed E-state index contributed by atoms with van der Waals surface area (Å²) in [6.07, 6.45) is 1.81. The summed E-state index contributed by atoms with van der Waals surface area (Å²) in [6.45, 7) is 6.48. The first-order chi connectivity index (χ1) is 16.8. The maximum Gasteiger partial charge on any atom is 0.300 e. The van der Waals surface area contributed by atoms with Gasteiger partial charge in [0.1, 0.15) is 10.8 Å². The molecule has 0 unspecified atom stereocenters. The average Bonchev–Trinajstić information content (AvgIpc) is 3.50. The second-order valence-electron chi connectivity index (χ2n) is 9.11. The van der Waals surface area contributed by atoms with Crippen LogP contribution >= 0.6 is 11.6 Å². The van der Waals surface area contributed by atoms with Crippen molar-refractivity contribution in [3.63, 3.8) is 0 Å². The van der Waals surface area contributed by atoms with Crippen molar-refractivity contribution in [2.45, 2.75) is 20.4 Å². The van der Waals surface area contributed by atoms with Crippen molar-refractivity contribution in [1.82, 2.24) is 29.9 Å². The quantitative estimate of drug-likeness (QED) is 0.389. The molecule has 0 N–H and O–H groups in total. The Morgan fingerprint density at radius 3 is 2.57 bits per heavy atom. The Bertz CT molecular complexity index is 1410. The molecule has 1 aliphatic heterocycles. The number of amides is 1. The standard InChI is InChI=1S/C24H23ClN8O2/c1-24(2,14-26)15-33-13-18(29-30-33)16-3-5-17(6-4-16)22(34)31-9-11-32(12-10-31)23-28-21-19(35-23)7-8-20(25)27-21/h3-8,13H,9-12,15H2,1-2H3. The molecule has 10 nitrogen and oxygen atoms in total. The van der Waals surface area contributed by atoms with Crippen molar-refractivity contribution >= 4 is 34.8 Å². The van der Waals surface area contributed by atoms with Gasteiger partial charge in [-0.1, -0.05) is 28.9 Å². The Morgan fingerprint density at radius 2 is 1.86 bits per heavy atom. The van der Waals surface area contributed by atoms with Gasteiger partial charge in [0.15, 0.2) is 5.58 Å². The fraction of sp³-hybridized carbons (Fsp3) is 0.333. The molecule has 35 heavy (non-hydrogen) atoms. The maximum atomic E-state index is 13.0. The zero-order valence-electron chi connectivity index (χ0n) is 19.3. The van der Waals surface area contributed by atoms with E-state index >= 15 is 0 Å². The summed E-state index contributed by atoms with van der Waals surface area (Å²) in [6, 6.07) is 13.5. The summed E-state index contributed by atoms with van der Waals surface area (Å²) in [4.78, 5) is 25.5. The fourth-order valence-electron chi connectivity index (χ4n) is 3.93. The summed E-state index contributed by atoms with van der Waals surface area (Å²) in [5.74, 6) is -0.0263. The Labute approximate surface area is 206 Å². The van der Waals surface area contributed by atoms with Gasteiger partial charge in [-0.3, -0.25) is 9.48 Å². The molecule has 0 radical (unpaired) electrons. The van der Waals surface area contributed by atoms with Gasteiger partial charge >= 0.3 is 0 Å². The lowest BCUT2D eigenvalue weighted by Gasteiger charge is -2.33. The first-order valence-electron chi connectivity index (χ1n) is 11.2. The number of oxazole rings is 1. The minimum Gasteiger partial charge on any atom is -0.422 e. The fourth-order valence-corrected chi connectivity index (χ4v) is 4.08. The monoisotopic (exact) mass is 490 g/mol. The van der Waals surface area contributed by atoms with Crippen LogP contribution in [0.1, 0.15) is 24.2 Å². The molecule has 0 bridgehead atoms. The Morgan fingerprint density at radius 1 is 1.11 bits per heavy atom. The third kappa shape index (κ3) is 4.81. The van der Waals surface area contributed by atoms with Crippen molar-refractivity contribution < 1.29 is 9.21 Å². The van der Waals surface area contributed by atoms with Crippen LogP contribution in [0.15, 0.2) is 47.0 Å². The second-order valence-corrected chi connectivity index (χ2v) is 9.49. The number of fused-ring (bicyclic) bond motifs is 1. The molecule has 1 amide bonds. The van der Waals surface area contributed by atoms with Crippen molar-refractivity contribution in [2.24, 2.45) is 5.41 Å². The number of aromatic nitrogens is 5. The summed E-state index contributed by atoms with van der Waals surface area (Å²) in [5.41, 5.74) is 2.69. The number of halogens is 1. The van der Waals surface area contributed by atoms with Crippen LogP contribution in [0, 0.1) is 16.7 Å². The average molecular weight is 491 g/mol. The molecule has 4 aromatic rings. The number of benzene rings is 1. The molecular weight excluding hydrogens is 468 g/mol. The lowest BCUT2D eigenvalue weighted by Crippen LogP contribution is -2.48. The molecule has 0 aliphatic carbocycles. The van der Waals surface area contributed by atoms with E-state index < -0.39 is 5.41 Å². The van der Waals surface area contributed by atoms with Gasteiger partial charge in [0.05, 0.1) is 24.2 Å². The number of nitriles is 1. The van der Waals surface area contributed by atoms with Gasteiger partial charge in [-0.15, -0.1) is 5.10 Å². The van der Waals surface area contributed by atoms with Crippen LogP contribution in [0.3, 0.4) is 0 Å². The molecule has 0 atom stereocenters. The molecule has 1 aromatic carbocycles. The van der Waals surface area contributed by atoms with Gasteiger partial charge in [-0.25, -0.2) is 4.98 Å². The molecule has 178 valence electrons. The summed E-state index contributed by atoms with van der Waals surface area (Å²) < 4.78 is 7.46. The van der Waals surface area contributed by atoms with E-state index in [0.717, 1.165) is 5.56 Å². The van der Waals surface area contributed by atoms with Gasteiger partial charge in [-0.05, 0) is 38.1 Å². The number of piperazine rings is 1. The SMILES string of the molecule is CC(C)(C#N)Cn1cc(-c2ccc(C(=O)N3CCN(c4nc5nc(Cl)ccc5o4)CC3)cc2)nn1. The molecule has 1 saturated heterocycles. The van der Waals surface area contributed by atoms with E-state index in [-0.39, 0.29) is 5.91 Å². The molecular formula is C24H23ClN8O2. The zero-order valence-corrected chi connectivity index (χ0v) is 20.1. The molecule has 11 heteroatoms. The Kier molecular flexibility index (Phi) is 5.86. The van der Waals surface area contributed by atoms with E-state index in [1.165, 1.54) is 0 Å². The highest BCUT2D eigenvalue weighted by molar-refractivity contribution is 6.29. The van der Waals surface area contributed by atoms with Crippen LogP contribution in [-0.2, 0) is 6.54 Å². The predicted molar refractivity (Wildman–Crippen MR) is 130 cm³/mol. The smallest absolute Gasteiger partial charge is 0.300 e. The summed E-state index contributed by atoms with van der Waals surface area (Å²) >= 11 is 5.93. The first-order valence-corrected chi connectivity index (χ1v) is 11.6. The highest BCUT2D eigenvalue weighted by Crippen LogP contribution is 2.24. The van der Waals surface area contributed by atoms with E-state index in [9.17, 15) is 10.1 Å². The Balaban J connectivity index is 1.21. The van der Waals surface area contributed by atoms with E-state index in [1.807, 2.05) is 42.0 Å². The highest BCUT2D eigenvalue weighted by Gasteiger charge is 2.25. The van der Waals surface area contributed by atoms with Crippen LogP contribution in [0.2, 0.25) is 5.15 Å². The number of hydrogen-bond donors (Lipinski definition) is 0. The number of pyridine rings is 1. The van der Waals surface area contributed by atoms with Gasteiger partial charge < -0.3 is 14.2 Å². The number of hydrogen-bond acceptors (Lipinski definition) is 8. The van der Waals surface area contributed by atoms with Crippen LogP contribution in [0.5, 0.6) is 0 Å². The molecule has 4 heterocycles. The van der Waals surface area contributed by atoms with E-state index in [4.69, 9.17) is 16.0 Å². The highest BCUT2D eigenvalue weighted by atomic mass is 35.5. The molecule has 5 rings (SSSR count). The molecule has 0 saturated carbocycles. The number of anilines is 1. The van der Waals surface area contributed by atoms with E-state index in [0.29, 0.717) is 66.4 Å². The first kappa shape index (κ1) is 22.8. The zero-order chi connectivity index (χ0) is 24.6. The molecule has 0 spiro atoms. The lowest BCUT2D eigenvalue weighted by atomic mass is 9.96. The molecule has 3 aromatic heterocycles. The van der Waals surface area contributed by atoms with Gasteiger partial charge in [0, 0.05) is 37.3 Å². The normalized spacial score (nSPS) is 14.3. The number of carbonyl (C=O) groups is 1. The lowest BCUT2D eigenvalue weighted by molar-refractivity contribution is 0.0745. The molecule has 1 aliphatic rings. The van der Waals surface area contributed by atoms with Crippen LogP contribution in [0.25, 0.3) is 22.5 Å². The summed E-state index contributed by atoms with van der Waals surface area (Å²) in [5, 5.41) is 17.9. The van der Waals surface area contributed by atoms with Crippen molar-refractivity contribution in [1.29, 1.82) is 5.26 Å². The van der Waals surface area contributed by atoms with Crippen LogP contribution in [0.4, 0.5) is 6.01 Å². The topological polar surface area (TPSA) is 117 Å². The summed E-state index contributed by atoms with van der Waals surface area (Å²) in [7, 11) is 0. The number of rotatable bonds is 5. The van der Waals surface area contributed by atoms with Crippen molar-refractivity contribution in [3.8, 4) is 17.3 Å². The third-order valence-electron chi connectivity index (χ3n) is 5.87. The minimum absolute atomic E-state index is 0.0263. The van der Waals surface area contributed by atoms with E-state index in [2.05, 4.69) is 26.3 Å². The van der Waals surface area contributed by atoms with E-state index in [1.54, 1.807) is 28.9 Å². The van der Waals surface area contributed by atoms with Crippen LogP contribution in [-0.4, -0.2) is 61.9 Å². The van der Waals surface area contributed by atoms with Gasteiger partial charge in [-0.2, -0.15) is 10.2 Å². The minimum atomic E-state index is -0.531. The van der Waals surface area contributed by atoms with Gasteiger partial charge in [0.25, 0.3) is 11.9 Å². The molecule has 1 fully saturated rings. The van der Waals surface area contributed by atoms with Crippen LogP contribution < -0.4 is 4.90 Å². The van der Waals surface area contributed by atoms with Crippen molar-refractivity contribution in [2.75, 3.05) is 31.1 Å². The Hall–Kier alpha value is -3.97.